The molecule has 7 nitrogen and oxygen atoms in total. The van der Waals surface area contributed by atoms with Crippen molar-refractivity contribution < 1.29 is 14.1 Å². The summed E-state index contributed by atoms with van der Waals surface area (Å²) in [6.07, 6.45) is 2.86. The maximum atomic E-state index is 12.5. The molecular weight excluding hydrogens is 344 g/mol. The first-order valence-corrected chi connectivity index (χ1v) is 9.60. The lowest BCUT2D eigenvalue weighted by Crippen LogP contribution is -2.45. The molecule has 1 aliphatic heterocycles. The van der Waals surface area contributed by atoms with Crippen LogP contribution in [0.2, 0.25) is 0 Å². The monoisotopic (exact) mass is 372 g/mol. The van der Waals surface area contributed by atoms with E-state index in [4.69, 9.17) is 9.26 Å². The first-order valence-electron chi connectivity index (χ1n) is 9.60. The van der Waals surface area contributed by atoms with Gasteiger partial charge in [-0.15, -0.1) is 0 Å². The van der Waals surface area contributed by atoms with Crippen molar-refractivity contribution in [2.75, 3.05) is 19.6 Å². The Morgan fingerprint density at radius 2 is 2.15 bits per heavy atom. The molecule has 7 heteroatoms. The average Bonchev–Trinajstić information content (AvgIpc) is 3.09. The van der Waals surface area contributed by atoms with Gasteiger partial charge in [-0.05, 0) is 57.7 Å². The minimum absolute atomic E-state index is 0.0318. The van der Waals surface area contributed by atoms with E-state index in [9.17, 15) is 4.79 Å². The van der Waals surface area contributed by atoms with Crippen molar-refractivity contribution in [3.63, 3.8) is 0 Å². The molecule has 146 valence electrons. The SMILES string of the molecule is Cc1noc([C@H]2CCCN(C(=O)NCCc3ccc(OC(C)C)cc3)C2)n1. The van der Waals surface area contributed by atoms with E-state index in [0.29, 0.717) is 24.8 Å². The summed E-state index contributed by atoms with van der Waals surface area (Å²) in [6.45, 7) is 7.81. The van der Waals surface area contributed by atoms with Crippen molar-refractivity contribution >= 4 is 6.03 Å². The van der Waals surface area contributed by atoms with E-state index in [2.05, 4.69) is 15.5 Å². The average molecular weight is 372 g/mol. The fourth-order valence-corrected chi connectivity index (χ4v) is 3.27. The van der Waals surface area contributed by atoms with Gasteiger partial charge in [0.2, 0.25) is 5.89 Å². The van der Waals surface area contributed by atoms with Gasteiger partial charge in [-0.2, -0.15) is 4.98 Å². The largest absolute Gasteiger partial charge is 0.491 e. The van der Waals surface area contributed by atoms with Gasteiger partial charge in [-0.3, -0.25) is 0 Å². The van der Waals surface area contributed by atoms with Crippen LogP contribution in [0.4, 0.5) is 4.79 Å². The highest BCUT2D eigenvalue weighted by molar-refractivity contribution is 5.74. The predicted molar refractivity (Wildman–Crippen MR) is 102 cm³/mol. The van der Waals surface area contributed by atoms with E-state index in [1.165, 1.54) is 5.56 Å². The summed E-state index contributed by atoms with van der Waals surface area (Å²) in [4.78, 5) is 18.6. The number of piperidine rings is 1. The van der Waals surface area contributed by atoms with Crippen molar-refractivity contribution in [2.24, 2.45) is 0 Å². The molecule has 0 radical (unpaired) electrons. The number of rotatable bonds is 6. The van der Waals surface area contributed by atoms with E-state index in [-0.39, 0.29) is 18.1 Å². The van der Waals surface area contributed by atoms with Gasteiger partial charge in [0.05, 0.1) is 12.0 Å². The third-order valence-electron chi connectivity index (χ3n) is 4.59. The van der Waals surface area contributed by atoms with Crippen LogP contribution in [0.3, 0.4) is 0 Å². The third kappa shape index (κ3) is 5.45. The second-order valence-electron chi connectivity index (χ2n) is 7.26. The van der Waals surface area contributed by atoms with Gasteiger partial charge >= 0.3 is 6.03 Å². The zero-order valence-corrected chi connectivity index (χ0v) is 16.3. The number of likely N-dealkylation sites (tertiary alicyclic amines) is 1. The van der Waals surface area contributed by atoms with Crippen LogP contribution in [0.5, 0.6) is 5.75 Å². The Morgan fingerprint density at radius 1 is 1.37 bits per heavy atom. The molecule has 1 saturated heterocycles. The topological polar surface area (TPSA) is 80.5 Å². The molecule has 0 unspecified atom stereocenters. The van der Waals surface area contributed by atoms with E-state index in [1.54, 1.807) is 0 Å². The van der Waals surface area contributed by atoms with Crippen LogP contribution in [0, 0.1) is 6.92 Å². The molecule has 1 aliphatic rings. The van der Waals surface area contributed by atoms with Crippen molar-refractivity contribution in [1.29, 1.82) is 0 Å². The van der Waals surface area contributed by atoms with Crippen LogP contribution in [-0.4, -0.2) is 46.8 Å². The number of aromatic nitrogens is 2. The summed E-state index contributed by atoms with van der Waals surface area (Å²) in [7, 11) is 0. The second-order valence-corrected chi connectivity index (χ2v) is 7.26. The van der Waals surface area contributed by atoms with Crippen LogP contribution >= 0.6 is 0 Å². The van der Waals surface area contributed by atoms with E-state index >= 15 is 0 Å². The number of nitrogens with one attached hydrogen (secondary N) is 1. The minimum atomic E-state index is -0.0318. The highest BCUT2D eigenvalue weighted by atomic mass is 16.5. The van der Waals surface area contributed by atoms with Gasteiger partial charge in [0.1, 0.15) is 5.75 Å². The van der Waals surface area contributed by atoms with Crippen molar-refractivity contribution in [2.45, 2.75) is 52.1 Å². The van der Waals surface area contributed by atoms with E-state index < -0.39 is 0 Å². The van der Waals surface area contributed by atoms with Gasteiger partial charge in [0.25, 0.3) is 0 Å². The fraction of sp³-hybridized carbons (Fsp3) is 0.550. The smallest absolute Gasteiger partial charge is 0.317 e. The molecule has 0 spiro atoms. The lowest BCUT2D eigenvalue weighted by atomic mass is 9.98. The molecule has 0 saturated carbocycles. The van der Waals surface area contributed by atoms with Crippen molar-refractivity contribution in [1.82, 2.24) is 20.4 Å². The second kappa shape index (κ2) is 8.88. The predicted octanol–water partition coefficient (Wildman–Crippen LogP) is 3.30. The van der Waals surface area contributed by atoms with Gasteiger partial charge in [-0.1, -0.05) is 17.3 Å². The molecule has 1 N–H and O–H groups in total. The van der Waals surface area contributed by atoms with Crippen LogP contribution in [-0.2, 0) is 6.42 Å². The number of benzene rings is 1. The highest BCUT2D eigenvalue weighted by Gasteiger charge is 2.28. The lowest BCUT2D eigenvalue weighted by molar-refractivity contribution is 0.172. The first-order chi connectivity index (χ1) is 13.0. The van der Waals surface area contributed by atoms with Gasteiger partial charge in [0.15, 0.2) is 5.82 Å². The van der Waals surface area contributed by atoms with Crippen molar-refractivity contribution in [3.8, 4) is 5.75 Å². The molecular formula is C20H28N4O3. The Balaban J connectivity index is 1.44. The standard InChI is InChI=1S/C20H28N4O3/c1-14(2)26-18-8-6-16(7-9-18)10-11-21-20(25)24-12-4-5-17(13-24)19-22-15(3)23-27-19/h6-9,14,17H,4-5,10-13H2,1-3H3,(H,21,25)/t17-/m0/s1. The summed E-state index contributed by atoms with van der Waals surface area (Å²) < 4.78 is 10.9. The molecule has 2 aromatic rings. The molecule has 2 amide bonds. The number of hydrogen-bond donors (Lipinski definition) is 1. The van der Waals surface area contributed by atoms with Gasteiger partial charge in [0, 0.05) is 19.6 Å². The third-order valence-corrected chi connectivity index (χ3v) is 4.59. The zero-order chi connectivity index (χ0) is 19.2. The molecule has 0 bridgehead atoms. The summed E-state index contributed by atoms with van der Waals surface area (Å²) in [5, 5.41) is 6.87. The lowest BCUT2D eigenvalue weighted by Gasteiger charge is -2.31. The Morgan fingerprint density at radius 3 is 2.81 bits per heavy atom. The minimum Gasteiger partial charge on any atom is -0.491 e. The maximum Gasteiger partial charge on any atom is 0.317 e. The molecule has 1 atom stereocenters. The van der Waals surface area contributed by atoms with Gasteiger partial charge in [-0.25, -0.2) is 4.79 Å². The van der Waals surface area contributed by atoms with Crippen LogP contribution in [0.25, 0.3) is 0 Å². The molecule has 1 fully saturated rings. The highest BCUT2D eigenvalue weighted by Crippen LogP contribution is 2.25. The number of nitrogens with zero attached hydrogens (tertiary/aromatic N) is 3. The molecule has 3 rings (SSSR count). The summed E-state index contributed by atoms with van der Waals surface area (Å²) >= 11 is 0. The Bertz CT molecular complexity index is 742. The van der Waals surface area contributed by atoms with Crippen LogP contribution < -0.4 is 10.1 Å². The van der Waals surface area contributed by atoms with E-state index in [1.807, 2.05) is 49.9 Å². The zero-order valence-electron chi connectivity index (χ0n) is 16.3. The number of aryl methyl sites for hydroxylation is 1. The number of ether oxygens (including phenoxy) is 1. The van der Waals surface area contributed by atoms with Gasteiger partial charge < -0.3 is 19.5 Å². The van der Waals surface area contributed by atoms with Crippen LogP contribution in [0.1, 0.15) is 49.9 Å². The Labute approximate surface area is 160 Å². The fourth-order valence-electron chi connectivity index (χ4n) is 3.27. The molecule has 1 aromatic heterocycles. The summed E-state index contributed by atoms with van der Waals surface area (Å²) in [6, 6.07) is 7.99. The summed E-state index contributed by atoms with van der Waals surface area (Å²) in [5.41, 5.74) is 1.17. The molecule has 2 heterocycles. The molecule has 1 aromatic carbocycles. The number of urea groups is 1. The number of hydrogen-bond acceptors (Lipinski definition) is 5. The maximum absolute atomic E-state index is 12.5. The normalized spacial score (nSPS) is 17.2. The molecule has 27 heavy (non-hydrogen) atoms. The van der Waals surface area contributed by atoms with Crippen molar-refractivity contribution in [3.05, 3.63) is 41.5 Å². The number of amides is 2. The number of carbonyl (C=O) groups is 1. The quantitative estimate of drug-likeness (QED) is 0.841. The number of carbonyl (C=O) groups excluding carboxylic acids is 1. The Kier molecular flexibility index (Phi) is 6.32. The Hall–Kier alpha value is -2.57. The molecule has 0 aliphatic carbocycles. The first kappa shape index (κ1) is 19.2. The van der Waals surface area contributed by atoms with Crippen LogP contribution in [0.15, 0.2) is 28.8 Å². The van der Waals surface area contributed by atoms with E-state index in [0.717, 1.165) is 31.6 Å². The summed E-state index contributed by atoms with van der Waals surface area (Å²) in [5.74, 6) is 2.26.